The molecular formula is C25H22BrNO3. The van der Waals surface area contributed by atoms with Gasteiger partial charge in [-0.05, 0) is 48.7 Å². The number of carboxylic acid groups (broad SMARTS) is 1. The Kier molecular flexibility index (Phi) is 5.48. The van der Waals surface area contributed by atoms with Crippen molar-refractivity contribution in [2.24, 2.45) is 0 Å². The molecule has 0 radical (unpaired) electrons. The topological polar surface area (TPSA) is 57.6 Å². The van der Waals surface area contributed by atoms with E-state index >= 15 is 0 Å². The molecular weight excluding hydrogens is 442 g/mol. The molecule has 4 nitrogen and oxygen atoms in total. The van der Waals surface area contributed by atoms with Crippen LogP contribution in [0.5, 0.6) is 0 Å². The van der Waals surface area contributed by atoms with Crippen LogP contribution in [0.15, 0.2) is 77.3 Å². The Morgan fingerprint density at radius 2 is 1.63 bits per heavy atom. The molecule has 4 rings (SSSR count). The number of amides is 1. The van der Waals surface area contributed by atoms with Crippen LogP contribution in [0.1, 0.15) is 57.5 Å². The molecule has 0 saturated carbocycles. The molecule has 5 heteroatoms. The van der Waals surface area contributed by atoms with E-state index in [0.717, 1.165) is 21.2 Å². The minimum absolute atomic E-state index is 0.149. The van der Waals surface area contributed by atoms with Gasteiger partial charge in [0.15, 0.2) is 0 Å². The molecule has 1 aliphatic rings. The summed E-state index contributed by atoms with van der Waals surface area (Å²) in [5, 5.41) is 10.2. The molecule has 1 heterocycles. The predicted octanol–water partition coefficient (Wildman–Crippen LogP) is 5.88. The van der Waals surface area contributed by atoms with Gasteiger partial charge in [0.25, 0.3) is 5.91 Å². The number of rotatable bonds is 4. The first-order chi connectivity index (χ1) is 14.4. The van der Waals surface area contributed by atoms with Gasteiger partial charge in [-0.2, -0.15) is 0 Å². The normalized spacial score (nSPS) is 19.3. The van der Waals surface area contributed by atoms with Crippen molar-refractivity contribution in [2.75, 3.05) is 0 Å². The lowest BCUT2D eigenvalue weighted by atomic mass is 9.78. The van der Waals surface area contributed by atoms with Crippen LogP contribution >= 0.6 is 15.9 Å². The number of carbonyl (C=O) groups is 2. The zero-order valence-electron chi connectivity index (χ0n) is 16.7. The number of benzene rings is 3. The van der Waals surface area contributed by atoms with Gasteiger partial charge < -0.3 is 10.0 Å². The van der Waals surface area contributed by atoms with Gasteiger partial charge in [-0.15, -0.1) is 0 Å². The van der Waals surface area contributed by atoms with E-state index in [-0.39, 0.29) is 11.9 Å². The van der Waals surface area contributed by atoms with Crippen molar-refractivity contribution in [1.82, 2.24) is 4.90 Å². The van der Waals surface area contributed by atoms with E-state index in [1.807, 2.05) is 62.4 Å². The Hall–Kier alpha value is -2.92. The number of nitrogens with zero attached hydrogens (tertiary/aromatic N) is 1. The minimum Gasteiger partial charge on any atom is -0.481 e. The van der Waals surface area contributed by atoms with Crippen LogP contribution in [0.25, 0.3) is 0 Å². The predicted molar refractivity (Wildman–Crippen MR) is 119 cm³/mol. The van der Waals surface area contributed by atoms with Gasteiger partial charge in [0, 0.05) is 10.0 Å². The Balaban J connectivity index is 1.92. The highest BCUT2D eigenvalue weighted by molar-refractivity contribution is 9.10. The maximum absolute atomic E-state index is 13.6. The molecule has 152 valence electrons. The van der Waals surface area contributed by atoms with E-state index < -0.39 is 17.9 Å². The highest BCUT2D eigenvalue weighted by Gasteiger charge is 2.46. The first-order valence-electron chi connectivity index (χ1n) is 9.85. The quantitative estimate of drug-likeness (QED) is 0.524. The van der Waals surface area contributed by atoms with Crippen molar-refractivity contribution >= 4 is 27.8 Å². The van der Waals surface area contributed by atoms with Crippen molar-refractivity contribution < 1.29 is 14.7 Å². The highest BCUT2D eigenvalue weighted by atomic mass is 79.9. The van der Waals surface area contributed by atoms with Crippen LogP contribution in [-0.2, 0) is 4.79 Å². The molecule has 30 heavy (non-hydrogen) atoms. The van der Waals surface area contributed by atoms with Gasteiger partial charge in [-0.25, -0.2) is 0 Å². The van der Waals surface area contributed by atoms with Crippen molar-refractivity contribution in [3.8, 4) is 0 Å². The lowest BCUT2D eigenvalue weighted by molar-refractivity contribution is -0.140. The molecule has 0 saturated heterocycles. The fourth-order valence-electron chi connectivity index (χ4n) is 4.26. The highest BCUT2D eigenvalue weighted by Crippen LogP contribution is 2.46. The smallest absolute Gasteiger partial charge is 0.313 e. The number of hydrogen-bond acceptors (Lipinski definition) is 2. The van der Waals surface area contributed by atoms with Gasteiger partial charge in [-0.1, -0.05) is 76.1 Å². The standard InChI is InChI=1S/C25H22BrNO3/c1-15-7-9-17(10-8-15)16(2)27-23(18-11-13-19(26)14-12-18)22(25(29)30)20-5-3-4-6-21(20)24(27)28/h3-14,16,22-23H,1-2H3,(H,29,30)/t16-,22?,23?/m0/s1. The first kappa shape index (κ1) is 20.4. The summed E-state index contributed by atoms with van der Waals surface area (Å²) in [5.41, 5.74) is 3.92. The second kappa shape index (κ2) is 8.07. The average molecular weight is 464 g/mol. The van der Waals surface area contributed by atoms with Crippen LogP contribution in [0.3, 0.4) is 0 Å². The van der Waals surface area contributed by atoms with Gasteiger partial charge in [0.2, 0.25) is 0 Å². The maximum Gasteiger partial charge on any atom is 0.313 e. The van der Waals surface area contributed by atoms with Crippen molar-refractivity contribution in [3.63, 3.8) is 0 Å². The monoisotopic (exact) mass is 463 g/mol. The largest absolute Gasteiger partial charge is 0.481 e. The van der Waals surface area contributed by atoms with Crippen LogP contribution < -0.4 is 0 Å². The molecule has 1 aliphatic heterocycles. The lowest BCUT2D eigenvalue weighted by Gasteiger charge is -2.44. The minimum atomic E-state index is -0.941. The summed E-state index contributed by atoms with van der Waals surface area (Å²) in [7, 11) is 0. The van der Waals surface area contributed by atoms with E-state index in [2.05, 4.69) is 15.9 Å². The second-order valence-electron chi connectivity index (χ2n) is 7.70. The van der Waals surface area contributed by atoms with Gasteiger partial charge >= 0.3 is 5.97 Å². The summed E-state index contributed by atoms with van der Waals surface area (Å²) in [5.74, 6) is -1.94. The van der Waals surface area contributed by atoms with Gasteiger partial charge in [0.1, 0.15) is 5.92 Å². The molecule has 0 spiro atoms. The number of aliphatic carboxylic acids is 1. The van der Waals surface area contributed by atoms with Crippen molar-refractivity contribution in [1.29, 1.82) is 0 Å². The third-order valence-electron chi connectivity index (χ3n) is 5.83. The van der Waals surface area contributed by atoms with E-state index in [0.29, 0.717) is 11.1 Å². The zero-order chi connectivity index (χ0) is 21.4. The number of aryl methyl sites for hydroxylation is 1. The van der Waals surface area contributed by atoms with Crippen LogP contribution in [0.4, 0.5) is 0 Å². The van der Waals surface area contributed by atoms with Gasteiger partial charge in [-0.3, -0.25) is 9.59 Å². The molecule has 3 aromatic rings. The number of carbonyl (C=O) groups excluding carboxylic acids is 1. The molecule has 1 N–H and O–H groups in total. The van der Waals surface area contributed by atoms with E-state index in [1.165, 1.54) is 0 Å². The fraction of sp³-hybridized carbons (Fsp3) is 0.200. The zero-order valence-corrected chi connectivity index (χ0v) is 18.3. The van der Waals surface area contributed by atoms with Crippen molar-refractivity contribution in [2.45, 2.75) is 31.8 Å². The van der Waals surface area contributed by atoms with E-state index in [9.17, 15) is 14.7 Å². The summed E-state index contributed by atoms with van der Waals surface area (Å²) < 4.78 is 0.902. The van der Waals surface area contributed by atoms with Crippen molar-refractivity contribution in [3.05, 3.63) is 105 Å². The summed E-state index contributed by atoms with van der Waals surface area (Å²) in [4.78, 5) is 27.8. The molecule has 1 amide bonds. The Morgan fingerprint density at radius 1 is 1.00 bits per heavy atom. The Bertz CT molecular complexity index is 1090. The maximum atomic E-state index is 13.6. The lowest BCUT2D eigenvalue weighted by Crippen LogP contribution is -2.46. The molecule has 3 atom stereocenters. The number of hydrogen-bond donors (Lipinski definition) is 1. The van der Waals surface area contributed by atoms with E-state index in [4.69, 9.17) is 0 Å². The average Bonchev–Trinajstić information content (AvgIpc) is 2.74. The molecule has 0 fully saturated rings. The van der Waals surface area contributed by atoms with E-state index in [1.54, 1.807) is 29.2 Å². The Labute approximate surface area is 184 Å². The first-order valence-corrected chi connectivity index (χ1v) is 10.6. The van der Waals surface area contributed by atoms with Crippen LogP contribution in [0, 0.1) is 6.92 Å². The SMILES string of the molecule is Cc1ccc([C@H](C)N2C(=O)c3ccccc3C(C(=O)O)C2c2ccc(Br)cc2)cc1. The second-order valence-corrected chi connectivity index (χ2v) is 8.61. The molecule has 0 aliphatic carbocycles. The molecule has 3 aromatic carbocycles. The number of fused-ring (bicyclic) bond motifs is 1. The summed E-state index contributed by atoms with van der Waals surface area (Å²) >= 11 is 3.44. The summed E-state index contributed by atoms with van der Waals surface area (Å²) in [6, 6.07) is 21.7. The van der Waals surface area contributed by atoms with Crippen LogP contribution in [-0.4, -0.2) is 21.9 Å². The third-order valence-corrected chi connectivity index (χ3v) is 6.36. The molecule has 0 bridgehead atoms. The van der Waals surface area contributed by atoms with Gasteiger partial charge in [0.05, 0.1) is 12.1 Å². The third kappa shape index (κ3) is 3.54. The number of halogens is 1. The Morgan fingerprint density at radius 3 is 2.27 bits per heavy atom. The summed E-state index contributed by atoms with van der Waals surface area (Å²) in [6.45, 7) is 3.98. The van der Waals surface area contributed by atoms with Crippen LogP contribution in [0.2, 0.25) is 0 Å². The fourth-order valence-corrected chi connectivity index (χ4v) is 4.53. The number of carboxylic acids is 1. The summed E-state index contributed by atoms with van der Waals surface area (Å²) in [6.07, 6.45) is 0. The molecule has 0 aromatic heterocycles. The molecule has 2 unspecified atom stereocenters.